The molecule has 110 valence electrons. The van der Waals surface area contributed by atoms with E-state index in [-0.39, 0.29) is 5.66 Å². The van der Waals surface area contributed by atoms with Crippen molar-refractivity contribution in [3.8, 4) is 5.75 Å². The third-order valence-corrected chi connectivity index (χ3v) is 3.41. The number of nitrogens with zero attached hydrogens (tertiary/aromatic N) is 1. The maximum Gasteiger partial charge on any atom is 0.189 e. The van der Waals surface area contributed by atoms with E-state index in [1.54, 1.807) is 0 Å². The van der Waals surface area contributed by atoms with Crippen LogP contribution in [0.5, 0.6) is 5.75 Å². The van der Waals surface area contributed by atoms with Crippen LogP contribution in [0, 0.1) is 0 Å². The molecule has 1 fully saturated rings. The van der Waals surface area contributed by atoms with Gasteiger partial charge in [0.05, 0.1) is 12.3 Å². The molecule has 2 rings (SSSR count). The van der Waals surface area contributed by atoms with E-state index < -0.39 is 0 Å². The van der Waals surface area contributed by atoms with Crippen LogP contribution in [0.15, 0.2) is 24.3 Å². The van der Waals surface area contributed by atoms with Gasteiger partial charge in [-0.05, 0) is 56.8 Å². The number of benzene rings is 1. The van der Waals surface area contributed by atoms with E-state index in [2.05, 4.69) is 17.7 Å². The Hall–Kier alpha value is -1.33. The first-order valence-electron chi connectivity index (χ1n) is 7.15. The van der Waals surface area contributed by atoms with Crippen molar-refractivity contribution in [1.29, 1.82) is 0 Å². The van der Waals surface area contributed by atoms with Crippen LogP contribution in [0.2, 0.25) is 0 Å². The number of rotatable bonds is 6. The molecule has 2 N–H and O–H groups in total. The summed E-state index contributed by atoms with van der Waals surface area (Å²) >= 11 is 5.32. The summed E-state index contributed by atoms with van der Waals surface area (Å²) in [5, 5.41) is 5.79. The molecule has 1 saturated heterocycles. The molecule has 5 heteroatoms. The van der Waals surface area contributed by atoms with Gasteiger partial charge in [-0.3, -0.25) is 5.01 Å². The average Bonchev–Trinajstić information content (AvgIpc) is 2.69. The van der Waals surface area contributed by atoms with Crippen molar-refractivity contribution < 1.29 is 4.74 Å². The number of hydrazine groups is 1. The van der Waals surface area contributed by atoms with Gasteiger partial charge < -0.3 is 10.1 Å². The van der Waals surface area contributed by atoms with Gasteiger partial charge in [0.15, 0.2) is 5.11 Å². The van der Waals surface area contributed by atoms with E-state index in [9.17, 15) is 0 Å². The van der Waals surface area contributed by atoms with Crippen molar-refractivity contribution in [2.24, 2.45) is 0 Å². The lowest BCUT2D eigenvalue weighted by Gasteiger charge is -2.21. The first kappa shape index (κ1) is 15.1. The maximum atomic E-state index is 5.71. The predicted molar refractivity (Wildman–Crippen MR) is 86.9 cm³/mol. The largest absolute Gasteiger partial charge is 0.494 e. The molecule has 1 aromatic carbocycles. The van der Waals surface area contributed by atoms with Crippen LogP contribution in [-0.4, -0.2) is 17.4 Å². The van der Waals surface area contributed by atoms with Crippen molar-refractivity contribution in [2.75, 3.05) is 11.6 Å². The van der Waals surface area contributed by atoms with Gasteiger partial charge in [-0.2, -0.15) is 0 Å². The topological polar surface area (TPSA) is 36.5 Å². The fraction of sp³-hybridized carbons (Fsp3) is 0.533. The number of ether oxygens (including phenoxy) is 1. The lowest BCUT2D eigenvalue weighted by molar-refractivity contribution is 0.306. The molecule has 0 aliphatic carbocycles. The smallest absolute Gasteiger partial charge is 0.189 e. The lowest BCUT2D eigenvalue weighted by Crippen LogP contribution is -2.45. The molecule has 0 saturated carbocycles. The summed E-state index contributed by atoms with van der Waals surface area (Å²) in [5.41, 5.74) is 4.11. The standard InChI is InChI=1S/C15H23N3OS/c1-4-5-6-11-19-13-9-7-12(8-10-13)18-14(20)16-15(2,3)17-18/h7-10,17H,4-6,11H2,1-3H3,(H,16,20). The normalized spacial score (nSPS) is 17.1. The Balaban J connectivity index is 1.93. The fourth-order valence-electron chi connectivity index (χ4n) is 2.10. The van der Waals surface area contributed by atoms with Crippen molar-refractivity contribution in [3.05, 3.63) is 24.3 Å². The van der Waals surface area contributed by atoms with Gasteiger partial charge in [0.1, 0.15) is 11.4 Å². The molecular formula is C15H23N3OS. The zero-order valence-corrected chi connectivity index (χ0v) is 13.2. The van der Waals surface area contributed by atoms with Gasteiger partial charge in [0.2, 0.25) is 0 Å². The molecule has 20 heavy (non-hydrogen) atoms. The minimum atomic E-state index is -0.216. The Kier molecular flexibility index (Phi) is 4.83. The van der Waals surface area contributed by atoms with Crippen LogP contribution in [0.1, 0.15) is 40.0 Å². The van der Waals surface area contributed by atoms with E-state index in [4.69, 9.17) is 17.0 Å². The highest BCUT2D eigenvalue weighted by molar-refractivity contribution is 7.80. The highest BCUT2D eigenvalue weighted by Crippen LogP contribution is 2.22. The van der Waals surface area contributed by atoms with Crippen LogP contribution < -0.4 is 20.5 Å². The first-order valence-corrected chi connectivity index (χ1v) is 7.55. The predicted octanol–water partition coefficient (Wildman–Crippen LogP) is 3.19. The lowest BCUT2D eigenvalue weighted by atomic mass is 10.2. The summed E-state index contributed by atoms with van der Waals surface area (Å²) < 4.78 is 5.71. The monoisotopic (exact) mass is 293 g/mol. The number of unbranched alkanes of at least 4 members (excludes halogenated alkanes) is 2. The third kappa shape index (κ3) is 3.84. The number of hydrogen-bond donors (Lipinski definition) is 2. The summed E-state index contributed by atoms with van der Waals surface area (Å²) in [6, 6.07) is 7.99. The van der Waals surface area contributed by atoms with E-state index in [1.165, 1.54) is 12.8 Å². The zero-order valence-electron chi connectivity index (χ0n) is 12.4. The van der Waals surface area contributed by atoms with E-state index in [0.29, 0.717) is 5.11 Å². The highest BCUT2D eigenvalue weighted by Gasteiger charge is 2.32. The second-order valence-corrected chi connectivity index (χ2v) is 5.94. The molecule has 0 spiro atoms. The fourth-order valence-corrected chi connectivity index (χ4v) is 2.50. The second-order valence-electron chi connectivity index (χ2n) is 5.55. The van der Waals surface area contributed by atoms with Gasteiger partial charge in [-0.25, -0.2) is 5.43 Å². The third-order valence-electron chi connectivity index (χ3n) is 3.13. The summed E-state index contributed by atoms with van der Waals surface area (Å²) in [5.74, 6) is 0.905. The van der Waals surface area contributed by atoms with Gasteiger partial charge in [-0.1, -0.05) is 19.8 Å². The van der Waals surface area contributed by atoms with E-state index >= 15 is 0 Å². The Bertz CT molecular complexity index is 459. The molecule has 0 atom stereocenters. The molecule has 0 unspecified atom stereocenters. The van der Waals surface area contributed by atoms with Crippen LogP contribution >= 0.6 is 12.2 Å². The van der Waals surface area contributed by atoms with E-state index in [1.807, 2.05) is 43.1 Å². The Morgan fingerprint density at radius 2 is 1.90 bits per heavy atom. The molecule has 0 aromatic heterocycles. The first-order chi connectivity index (χ1) is 9.52. The molecule has 1 aliphatic heterocycles. The van der Waals surface area contributed by atoms with Gasteiger partial charge in [0, 0.05) is 0 Å². The van der Waals surface area contributed by atoms with Crippen LogP contribution in [0.3, 0.4) is 0 Å². The van der Waals surface area contributed by atoms with Crippen molar-refractivity contribution >= 4 is 23.0 Å². The highest BCUT2D eigenvalue weighted by atomic mass is 32.1. The van der Waals surface area contributed by atoms with Crippen LogP contribution in [0.4, 0.5) is 5.69 Å². The molecule has 0 amide bonds. The van der Waals surface area contributed by atoms with Crippen LogP contribution in [-0.2, 0) is 0 Å². The summed E-state index contributed by atoms with van der Waals surface area (Å²) in [6.07, 6.45) is 3.53. The summed E-state index contributed by atoms with van der Waals surface area (Å²) in [7, 11) is 0. The van der Waals surface area contributed by atoms with Crippen molar-refractivity contribution in [1.82, 2.24) is 10.7 Å². The number of nitrogens with one attached hydrogen (secondary N) is 2. The molecular weight excluding hydrogens is 270 g/mol. The Morgan fingerprint density at radius 3 is 2.45 bits per heavy atom. The molecule has 0 radical (unpaired) electrons. The van der Waals surface area contributed by atoms with Crippen molar-refractivity contribution in [2.45, 2.75) is 45.7 Å². The molecule has 1 aromatic rings. The summed E-state index contributed by atoms with van der Waals surface area (Å²) in [6.45, 7) is 7.06. The van der Waals surface area contributed by atoms with E-state index in [0.717, 1.165) is 24.5 Å². The quantitative estimate of drug-likeness (QED) is 0.622. The summed E-state index contributed by atoms with van der Waals surface area (Å²) in [4.78, 5) is 0. The van der Waals surface area contributed by atoms with Crippen molar-refractivity contribution in [3.63, 3.8) is 0 Å². The number of anilines is 1. The molecule has 1 heterocycles. The van der Waals surface area contributed by atoms with Gasteiger partial charge in [0.25, 0.3) is 0 Å². The molecule has 1 aliphatic rings. The Labute approximate surface area is 126 Å². The number of hydrogen-bond acceptors (Lipinski definition) is 3. The van der Waals surface area contributed by atoms with Gasteiger partial charge in [-0.15, -0.1) is 0 Å². The van der Waals surface area contributed by atoms with Gasteiger partial charge >= 0.3 is 0 Å². The van der Waals surface area contributed by atoms with Crippen LogP contribution in [0.25, 0.3) is 0 Å². The second kappa shape index (κ2) is 6.41. The zero-order chi connectivity index (χ0) is 14.6. The minimum Gasteiger partial charge on any atom is -0.494 e. The maximum absolute atomic E-state index is 5.71. The molecule has 0 bridgehead atoms. The SMILES string of the molecule is CCCCCOc1ccc(N2NC(C)(C)NC2=S)cc1. The number of thiocarbonyl (C=S) groups is 1. The average molecular weight is 293 g/mol. The Morgan fingerprint density at radius 1 is 1.20 bits per heavy atom. The molecule has 4 nitrogen and oxygen atoms in total. The minimum absolute atomic E-state index is 0.216.